The lowest BCUT2D eigenvalue weighted by Crippen LogP contribution is -2.32. The third-order valence-electron chi connectivity index (χ3n) is 1.91. The highest BCUT2D eigenvalue weighted by atomic mass is 79.9. The minimum absolute atomic E-state index is 0.143. The van der Waals surface area contributed by atoms with Crippen LogP contribution in [0.4, 0.5) is 19.0 Å². The van der Waals surface area contributed by atoms with Crippen molar-refractivity contribution < 1.29 is 13.2 Å². The fourth-order valence-corrected chi connectivity index (χ4v) is 1.69. The molecule has 1 aromatic heterocycles. The Hall–Kier alpha value is -0.820. The number of nitrogens with zero attached hydrogens (tertiary/aromatic N) is 2. The molecule has 0 atom stereocenters. The van der Waals surface area contributed by atoms with Crippen molar-refractivity contribution >= 4 is 21.7 Å². The summed E-state index contributed by atoms with van der Waals surface area (Å²) in [5.74, 6) is 0.253. The summed E-state index contributed by atoms with van der Waals surface area (Å²) in [6, 6.07) is 1.66. The molecule has 0 saturated carbocycles. The number of aromatic nitrogens is 1. The summed E-state index contributed by atoms with van der Waals surface area (Å²) in [6.07, 6.45) is -2.81. The normalized spacial score (nSPS) is 11.6. The first kappa shape index (κ1) is 13.2. The molecular formula is C9H11BrF3N3. The Morgan fingerprint density at radius 2 is 2.12 bits per heavy atom. The molecule has 1 heterocycles. The molecule has 2 N–H and O–H groups in total. The number of rotatable bonds is 3. The Morgan fingerprint density at radius 1 is 1.50 bits per heavy atom. The molecule has 7 heteroatoms. The monoisotopic (exact) mass is 297 g/mol. The molecule has 0 aliphatic carbocycles. The van der Waals surface area contributed by atoms with Crippen LogP contribution in [0, 0.1) is 0 Å². The van der Waals surface area contributed by atoms with E-state index in [1.165, 1.54) is 13.2 Å². The maximum absolute atomic E-state index is 12.2. The summed E-state index contributed by atoms with van der Waals surface area (Å²) in [4.78, 5) is 4.97. The van der Waals surface area contributed by atoms with Crippen molar-refractivity contribution in [1.29, 1.82) is 0 Å². The topological polar surface area (TPSA) is 42.2 Å². The first-order valence-electron chi connectivity index (χ1n) is 4.46. The summed E-state index contributed by atoms with van der Waals surface area (Å²) in [6.45, 7) is -0.904. The third-order valence-corrected chi connectivity index (χ3v) is 2.34. The van der Waals surface area contributed by atoms with Gasteiger partial charge in [0.25, 0.3) is 0 Å². The van der Waals surface area contributed by atoms with Crippen molar-refractivity contribution in [3.05, 3.63) is 22.3 Å². The van der Waals surface area contributed by atoms with E-state index in [1.54, 1.807) is 6.07 Å². The van der Waals surface area contributed by atoms with Crippen LogP contribution in [0.3, 0.4) is 0 Å². The molecule has 0 bridgehead atoms. The van der Waals surface area contributed by atoms with Gasteiger partial charge in [0.2, 0.25) is 0 Å². The predicted molar refractivity (Wildman–Crippen MR) is 59.2 cm³/mol. The molecule has 0 aromatic carbocycles. The zero-order valence-corrected chi connectivity index (χ0v) is 10.1. The number of alkyl halides is 3. The molecule has 0 radical (unpaired) electrons. The van der Waals surface area contributed by atoms with E-state index in [2.05, 4.69) is 20.9 Å². The number of hydrogen-bond acceptors (Lipinski definition) is 3. The van der Waals surface area contributed by atoms with Gasteiger partial charge in [0.1, 0.15) is 12.4 Å². The molecule has 0 aliphatic heterocycles. The lowest BCUT2D eigenvalue weighted by atomic mass is 10.2. The Bertz CT molecular complexity index is 368. The first-order chi connectivity index (χ1) is 7.33. The predicted octanol–water partition coefficient (Wildman–Crippen LogP) is 2.30. The maximum atomic E-state index is 12.2. The van der Waals surface area contributed by atoms with Gasteiger partial charge in [0, 0.05) is 29.8 Å². The van der Waals surface area contributed by atoms with Gasteiger partial charge in [0.05, 0.1) is 0 Å². The average molecular weight is 298 g/mol. The fourth-order valence-electron chi connectivity index (χ4n) is 1.31. The van der Waals surface area contributed by atoms with E-state index in [0.29, 0.717) is 10.0 Å². The van der Waals surface area contributed by atoms with E-state index in [9.17, 15) is 13.2 Å². The van der Waals surface area contributed by atoms with Crippen LogP contribution < -0.4 is 10.6 Å². The lowest BCUT2D eigenvalue weighted by molar-refractivity contribution is -0.119. The molecule has 16 heavy (non-hydrogen) atoms. The maximum Gasteiger partial charge on any atom is 0.405 e. The minimum Gasteiger partial charge on any atom is -0.350 e. The van der Waals surface area contributed by atoms with Gasteiger partial charge in [-0.1, -0.05) is 0 Å². The van der Waals surface area contributed by atoms with E-state index >= 15 is 0 Å². The van der Waals surface area contributed by atoms with Crippen molar-refractivity contribution in [3.8, 4) is 0 Å². The summed E-state index contributed by atoms with van der Waals surface area (Å²) in [5, 5.41) is 0. The fraction of sp³-hybridized carbons (Fsp3) is 0.444. The SMILES string of the molecule is CN(CC(F)(F)F)c1ncc(Br)cc1CN. The lowest BCUT2D eigenvalue weighted by Gasteiger charge is -2.22. The largest absolute Gasteiger partial charge is 0.405 e. The van der Waals surface area contributed by atoms with Gasteiger partial charge in [0.15, 0.2) is 0 Å². The van der Waals surface area contributed by atoms with Gasteiger partial charge in [-0.15, -0.1) is 0 Å². The van der Waals surface area contributed by atoms with Crippen LogP contribution in [-0.4, -0.2) is 24.8 Å². The second kappa shape index (κ2) is 5.01. The molecule has 0 spiro atoms. The second-order valence-electron chi connectivity index (χ2n) is 3.31. The molecule has 0 aliphatic rings. The highest BCUT2D eigenvalue weighted by molar-refractivity contribution is 9.10. The van der Waals surface area contributed by atoms with E-state index in [-0.39, 0.29) is 12.4 Å². The molecule has 1 aromatic rings. The van der Waals surface area contributed by atoms with Crippen molar-refractivity contribution in [2.45, 2.75) is 12.7 Å². The molecule has 1 rings (SSSR count). The van der Waals surface area contributed by atoms with Crippen molar-refractivity contribution in [1.82, 2.24) is 4.98 Å². The molecule has 90 valence electrons. The van der Waals surface area contributed by atoms with Gasteiger partial charge in [-0.2, -0.15) is 13.2 Å². The van der Waals surface area contributed by atoms with Crippen LogP contribution >= 0.6 is 15.9 Å². The summed E-state index contributed by atoms with van der Waals surface area (Å²) >= 11 is 3.19. The standard InChI is InChI=1S/C9H11BrF3N3/c1-16(5-9(11,12)13)8-6(3-14)2-7(10)4-15-8/h2,4H,3,5,14H2,1H3. The van der Waals surface area contributed by atoms with Crippen LogP contribution in [0.1, 0.15) is 5.56 Å². The highest BCUT2D eigenvalue weighted by Crippen LogP contribution is 2.24. The van der Waals surface area contributed by atoms with Crippen molar-refractivity contribution in [3.63, 3.8) is 0 Å². The first-order valence-corrected chi connectivity index (χ1v) is 5.25. The smallest absolute Gasteiger partial charge is 0.350 e. The number of halogens is 4. The summed E-state index contributed by atoms with van der Waals surface area (Å²) in [5.41, 5.74) is 6.02. The van der Waals surface area contributed by atoms with Crippen LogP contribution in [-0.2, 0) is 6.54 Å². The molecular weight excluding hydrogens is 287 g/mol. The third kappa shape index (κ3) is 3.64. The van der Waals surface area contributed by atoms with Crippen LogP contribution in [0.15, 0.2) is 16.7 Å². The van der Waals surface area contributed by atoms with Gasteiger partial charge in [-0.25, -0.2) is 4.98 Å². The van der Waals surface area contributed by atoms with Crippen molar-refractivity contribution in [2.24, 2.45) is 5.73 Å². The molecule has 3 nitrogen and oxygen atoms in total. The van der Waals surface area contributed by atoms with E-state index in [0.717, 1.165) is 4.90 Å². The molecule has 0 amide bonds. The Kier molecular flexibility index (Phi) is 4.15. The van der Waals surface area contributed by atoms with E-state index < -0.39 is 12.7 Å². The van der Waals surface area contributed by atoms with Crippen LogP contribution in [0.5, 0.6) is 0 Å². The zero-order chi connectivity index (χ0) is 12.3. The zero-order valence-electron chi connectivity index (χ0n) is 8.55. The van der Waals surface area contributed by atoms with Crippen LogP contribution in [0.25, 0.3) is 0 Å². The van der Waals surface area contributed by atoms with Gasteiger partial charge >= 0.3 is 6.18 Å². The number of pyridine rings is 1. The highest BCUT2D eigenvalue weighted by Gasteiger charge is 2.30. The average Bonchev–Trinajstić information content (AvgIpc) is 2.14. The van der Waals surface area contributed by atoms with E-state index in [4.69, 9.17) is 5.73 Å². The number of anilines is 1. The second-order valence-corrected chi connectivity index (χ2v) is 4.23. The molecule has 0 fully saturated rings. The molecule has 0 unspecified atom stereocenters. The summed E-state index contributed by atoms with van der Waals surface area (Å²) < 4.78 is 37.3. The van der Waals surface area contributed by atoms with Gasteiger partial charge in [-0.05, 0) is 22.0 Å². The number of hydrogen-bond donors (Lipinski definition) is 1. The van der Waals surface area contributed by atoms with E-state index in [1.807, 2.05) is 0 Å². The quantitative estimate of drug-likeness (QED) is 0.931. The van der Waals surface area contributed by atoms with Crippen LogP contribution in [0.2, 0.25) is 0 Å². The summed E-state index contributed by atoms with van der Waals surface area (Å²) in [7, 11) is 1.34. The van der Waals surface area contributed by atoms with Crippen molar-refractivity contribution in [2.75, 3.05) is 18.5 Å². The van der Waals surface area contributed by atoms with Gasteiger partial charge in [-0.3, -0.25) is 0 Å². The number of nitrogens with two attached hydrogens (primary N) is 1. The minimum atomic E-state index is -4.25. The molecule has 0 saturated heterocycles. The van der Waals surface area contributed by atoms with Gasteiger partial charge < -0.3 is 10.6 Å². The Labute approximate surface area is 99.6 Å². The Balaban J connectivity index is 2.94. The Morgan fingerprint density at radius 3 is 2.62 bits per heavy atom.